The Kier molecular flexibility index (Phi) is 6.28. The molecule has 2 atom stereocenters. The maximum Gasteiger partial charge on any atom is 0.221 e. The minimum atomic E-state index is -0.504. The van der Waals surface area contributed by atoms with Crippen LogP contribution in [0.15, 0.2) is 29.4 Å². The van der Waals surface area contributed by atoms with Crippen LogP contribution in [0, 0.1) is 0 Å². The fourth-order valence-corrected chi connectivity index (χ4v) is 2.02. The molecule has 0 saturated heterocycles. The molecule has 1 aliphatic rings. The van der Waals surface area contributed by atoms with Crippen molar-refractivity contribution in [2.75, 3.05) is 6.54 Å². The van der Waals surface area contributed by atoms with Gasteiger partial charge in [-0.1, -0.05) is 6.08 Å². The van der Waals surface area contributed by atoms with Crippen molar-refractivity contribution in [3.63, 3.8) is 0 Å². The summed E-state index contributed by atoms with van der Waals surface area (Å²) in [7, 11) is 0. The largest absolute Gasteiger partial charge is 0.370 e. The first-order valence-electron chi connectivity index (χ1n) is 6.45. The van der Waals surface area contributed by atoms with Gasteiger partial charge in [-0.25, -0.2) is 0 Å². The highest BCUT2D eigenvalue weighted by Gasteiger charge is 2.26. The van der Waals surface area contributed by atoms with Crippen molar-refractivity contribution in [2.24, 2.45) is 16.5 Å². The first-order chi connectivity index (χ1) is 9.56. The zero-order chi connectivity index (χ0) is 15.0. The lowest BCUT2D eigenvalue weighted by atomic mass is 10.1. The normalized spacial score (nSPS) is 17.9. The van der Waals surface area contributed by atoms with Gasteiger partial charge in [0, 0.05) is 13.5 Å². The number of nitrogens with one attached hydrogen (secondary N) is 1. The number of aldehydes is 1. The van der Waals surface area contributed by atoms with E-state index in [0.717, 1.165) is 6.29 Å². The van der Waals surface area contributed by atoms with Crippen molar-refractivity contribution in [3.8, 4) is 0 Å². The van der Waals surface area contributed by atoms with Gasteiger partial charge in [-0.3, -0.25) is 9.79 Å². The lowest BCUT2D eigenvalue weighted by Crippen LogP contribution is -2.51. The summed E-state index contributed by atoms with van der Waals surface area (Å²) in [5.41, 5.74) is 10.5. The molecule has 110 valence electrons. The van der Waals surface area contributed by atoms with Gasteiger partial charge < -0.3 is 26.5 Å². The molecule has 0 fully saturated rings. The number of nitrogens with two attached hydrogens (primary N) is 2. The Hall–Kier alpha value is -2.31. The van der Waals surface area contributed by atoms with Crippen molar-refractivity contribution in [2.45, 2.75) is 32.0 Å². The molecule has 0 aromatic rings. The highest BCUT2D eigenvalue weighted by atomic mass is 16.2. The van der Waals surface area contributed by atoms with Crippen LogP contribution in [0.1, 0.15) is 19.8 Å². The number of carbonyl (C=O) groups excluding carboxylic acids is 2. The van der Waals surface area contributed by atoms with Crippen LogP contribution in [0.25, 0.3) is 0 Å². The van der Waals surface area contributed by atoms with Gasteiger partial charge in [-0.05, 0) is 31.2 Å². The Labute approximate surface area is 118 Å². The average molecular weight is 279 g/mol. The second-order valence-electron chi connectivity index (χ2n) is 4.43. The van der Waals surface area contributed by atoms with Crippen molar-refractivity contribution >= 4 is 18.2 Å². The maximum absolute atomic E-state index is 11.8. The predicted octanol–water partition coefficient (Wildman–Crippen LogP) is -0.545. The minimum absolute atomic E-state index is 0.0260. The number of amides is 1. The highest BCUT2D eigenvalue weighted by molar-refractivity contribution is 5.78. The molecule has 1 unspecified atom stereocenters. The standard InChI is InChI=1S/C13H21N5O2/c1-10(20)18(12-6-2-3-7-16-12)11(9-19)5-4-8-17-13(14)15/h2-3,6-7,9,11-12,16H,4-5,8H2,1H3,(H4,14,15,17)/t11-,12?/m0/s1. The zero-order valence-corrected chi connectivity index (χ0v) is 11.5. The molecule has 1 aliphatic heterocycles. The molecule has 1 heterocycles. The number of aliphatic imine (C=N–C) groups is 1. The Morgan fingerprint density at radius 1 is 1.50 bits per heavy atom. The smallest absolute Gasteiger partial charge is 0.221 e. The fraction of sp³-hybridized carbons (Fsp3) is 0.462. The minimum Gasteiger partial charge on any atom is -0.370 e. The summed E-state index contributed by atoms with van der Waals surface area (Å²) >= 11 is 0. The SMILES string of the molecule is CC(=O)N(C1C=CC=CN1)[C@H](C=O)CCCN=C(N)N. The Bertz CT molecular complexity index is 426. The number of rotatable bonds is 7. The second kappa shape index (κ2) is 7.98. The van der Waals surface area contributed by atoms with E-state index >= 15 is 0 Å². The Morgan fingerprint density at radius 3 is 2.75 bits per heavy atom. The lowest BCUT2D eigenvalue weighted by Gasteiger charge is -2.34. The number of dihydropyridines is 1. The summed E-state index contributed by atoms with van der Waals surface area (Å²) in [5.74, 6) is -0.139. The summed E-state index contributed by atoms with van der Waals surface area (Å²) in [6.07, 6.45) is 8.82. The van der Waals surface area contributed by atoms with E-state index in [1.54, 1.807) is 6.20 Å². The van der Waals surface area contributed by atoms with Crippen molar-refractivity contribution in [3.05, 3.63) is 24.4 Å². The molecular formula is C13H21N5O2. The summed E-state index contributed by atoms with van der Waals surface area (Å²) in [6, 6.07) is -0.504. The van der Waals surface area contributed by atoms with Gasteiger partial charge in [0.1, 0.15) is 12.5 Å². The second-order valence-corrected chi connectivity index (χ2v) is 4.43. The molecule has 7 heteroatoms. The van der Waals surface area contributed by atoms with Gasteiger partial charge in [0.15, 0.2) is 5.96 Å². The molecule has 0 radical (unpaired) electrons. The molecule has 7 nitrogen and oxygen atoms in total. The molecule has 1 amide bonds. The van der Waals surface area contributed by atoms with Crippen molar-refractivity contribution in [1.29, 1.82) is 0 Å². The number of guanidine groups is 1. The molecule has 0 aliphatic carbocycles. The van der Waals surface area contributed by atoms with Crippen LogP contribution in [0.3, 0.4) is 0 Å². The van der Waals surface area contributed by atoms with Crippen LogP contribution in [-0.2, 0) is 9.59 Å². The number of hydrogen-bond donors (Lipinski definition) is 3. The van der Waals surface area contributed by atoms with E-state index in [-0.39, 0.29) is 18.0 Å². The topological polar surface area (TPSA) is 114 Å². The average Bonchev–Trinajstić information content (AvgIpc) is 2.42. The molecule has 0 aromatic heterocycles. The quantitative estimate of drug-likeness (QED) is 0.250. The zero-order valence-electron chi connectivity index (χ0n) is 11.5. The lowest BCUT2D eigenvalue weighted by molar-refractivity contribution is -0.136. The molecule has 5 N–H and O–H groups in total. The molecule has 20 heavy (non-hydrogen) atoms. The molecule has 1 rings (SSSR count). The van der Waals surface area contributed by atoms with Gasteiger partial charge in [0.2, 0.25) is 5.91 Å². The fourth-order valence-electron chi connectivity index (χ4n) is 2.02. The van der Waals surface area contributed by atoms with Gasteiger partial charge in [0.25, 0.3) is 0 Å². The van der Waals surface area contributed by atoms with Gasteiger partial charge in [-0.2, -0.15) is 0 Å². The third kappa shape index (κ3) is 4.75. The van der Waals surface area contributed by atoms with Gasteiger partial charge in [-0.15, -0.1) is 0 Å². The van der Waals surface area contributed by atoms with Crippen molar-refractivity contribution in [1.82, 2.24) is 10.2 Å². The van der Waals surface area contributed by atoms with E-state index in [0.29, 0.717) is 19.4 Å². The highest BCUT2D eigenvalue weighted by Crippen LogP contribution is 2.12. The van der Waals surface area contributed by atoms with Crippen LogP contribution in [0.5, 0.6) is 0 Å². The van der Waals surface area contributed by atoms with Crippen LogP contribution < -0.4 is 16.8 Å². The third-order valence-corrected chi connectivity index (χ3v) is 2.90. The Balaban J connectivity index is 2.64. The summed E-state index contributed by atoms with van der Waals surface area (Å²) in [5, 5.41) is 3.04. The molecule has 0 aromatic carbocycles. The van der Waals surface area contributed by atoms with E-state index in [2.05, 4.69) is 10.3 Å². The van der Waals surface area contributed by atoms with E-state index in [1.807, 2.05) is 18.2 Å². The first kappa shape index (κ1) is 15.7. The third-order valence-electron chi connectivity index (χ3n) is 2.90. The van der Waals surface area contributed by atoms with Crippen LogP contribution in [-0.4, -0.2) is 41.8 Å². The van der Waals surface area contributed by atoms with E-state index < -0.39 is 6.04 Å². The number of carbonyl (C=O) groups is 2. The summed E-state index contributed by atoms with van der Waals surface area (Å²) in [4.78, 5) is 28.4. The number of hydrogen-bond acceptors (Lipinski definition) is 4. The van der Waals surface area contributed by atoms with E-state index in [9.17, 15) is 9.59 Å². The number of allylic oxidation sites excluding steroid dienone is 2. The predicted molar refractivity (Wildman–Crippen MR) is 77.5 cm³/mol. The van der Waals surface area contributed by atoms with Gasteiger partial charge in [0.05, 0.1) is 6.04 Å². The first-order valence-corrected chi connectivity index (χ1v) is 6.45. The Morgan fingerprint density at radius 2 is 2.25 bits per heavy atom. The maximum atomic E-state index is 11.8. The molecule has 0 bridgehead atoms. The van der Waals surface area contributed by atoms with E-state index in [4.69, 9.17) is 11.5 Å². The summed E-state index contributed by atoms with van der Waals surface area (Å²) < 4.78 is 0. The number of nitrogens with zero attached hydrogens (tertiary/aromatic N) is 2. The molecular weight excluding hydrogens is 258 g/mol. The van der Waals surface area contributed by atoms with Crippen LogP contribution in [0.4, 0.5) is 0 Å². The molecule has 0 saturated carbocycles. The van der Waals surface area contributed by atoms with Crippen LogP contribution >= 0.6 is 0 Å². The van der Waals surface area contributed by atoms with Crippen molar-refractivity contribution < 1.29 is 9.59 Å². The monoisotopic (exact) mass is 279 g/mol. The summed E-state index contributed by atoms with van der Waals surface area (Å²) in [6.45, 7) is 1.88. The van der Waals surface area contributed by atoms with Crippen LogP contribution in [0.2, 0.25) is 0 Å². The van der Waals surface area contributed by atoms with E-state index in [1.165, 1.54) is 11.8 Å². The van der Waals surface area contributed by atoms with Gasteiger partial charge >= 0.3 is 0 Å². The molecule has 0 spiro atoms.